The predicted octanol–water partition coefficient (Wildman–Crippen LogP) is 2.28. The minimum Gasteiger partial charge on any atom is -0.481 e. The first-order chi connectivity index (χ1) is 9.61. The van der Waals surface area contributed by atoms with Gasteiger partial charge >= 0.3 is 12.0 Å². The second-order valence-electron chi connectivity index (χ2n) is 5.35. The van der Waals surface area contributed by atoms with Gasteiger partial charge in [-0.2, -0.15) is 0 Å². The zero-order valence-electron chi connectivity index (χ0n) is 12.0. The molecule has 3 amide bonds. The van der Waals surface area contributed by atoms with E-state index in [-0.39, 0.29) is 12.1 Å². The van der Waals surface area contributed by atoms with E-state index in [4.69, 9.17) is 5.11 Å². The number of imide groups is 1. The molecule has 0 saturated carbocycles. The van der Waals surface area contributed by atoms with E-state index in [1.165, 1.54) is 26.0 Å². The fraction of sp³-hybridized carbons (Fsp3) is 0.357. The number of carbonyl (C=O) groups is 3. The number of carboxylic acid groups (broad SMARTS) is 1. The molecule has 0 atom stereocenters. The van der Waals surface area contributed by atoms with Gasteiger partial charge in [0.15, 0.2) is 0 Å². The van der Waals surface area contributed by atoms with E-state index in [1.807, 2.05) is 5.32 Å². The van der Waals surface area contributed by atoms with Crippen LogP contribution in [0.1, 0.15) is 25.8 Å². The molecule has 0 fully saturated rings. The average Bonchev–Trinajstić information content (AvgIpc) is 2.32. The predicted molar refractivity (Wildman–Crippen MR) is 74.3 cm³/mol. The molecule has 0 radical (unpaired) electrons. The monoisotopic (exact) mass is 296 g/mol. The number of carboxylic acids is 1. The highest BCUT2D eigenvalue weighted by atomic mass is 19.1. The number of carbonyl (C=O) groups excluding carboxylic acids is 2. The first-order valence-corrected chi connectivity index (χ1v) is 6.22. The lowest BCUT2D eigenvalue weighted by molar-refractivity contribution is -0.149. The molecule has 114 valence electrons. The van der Waals surface area contributed by atoms with Crippen LogP contribution in [0.3, 0.4) is 0 Å². The fourth-order valence-electron chi connectivity index (χ4n) is 1.54. The Morgan fingerprint density at radius 2 is 1.90 bits per heavy atom. The van der Waals surface area contributed by atoms with Gasteiger partial charge in [-0.1, -0.05) is 6.07 Å². The van der Waals surface area contributed by atoms with E-state index >= 15 is 0 Å². The Morgan fingerprint density at radius 3 is 2.48 bits per heavy atom. The molecule has 1 aromatic carbocycles. The maximum atomic E-state index is 13.4. The number of urea groups is 1. The van der Waals surface area contributed by atoms with Gasteiger partial charge in [0.25, 0.3) is 0 Å². The highest BCUT2D eigenvalue weighted by Crippen LogP contribution is 2.20. The van der Waals surface area contributed by atoms with Gasteiger partial charge < -0.3 is 10.4 Å². The van der Waals surface area contributed by atoms with Crippen molar-refractivity contribution in [1.29, 1.82) is 0 Å². The third kappa shape index (κ3) is 4.87. The van der Waals surface area contributed by atoms with Gasteiger partial charge in [-0.05, 0) is 38.5 Å². The number of aryl methyl sites for hydroxylation is 1. The summed E-state index contributed by atoms with van der Waals surface area (Å²) in [5.74, 6) is -2.54. The van der Waals surface area contributed by atoms with Crippen LogP contribution in [0.4, 0.5) is 14.9 Å². The Kier molecular flexibility index (Phi) is 5.02. The zero-order valence-corrected chi connectivity index (χ0v) is 12.0. The van der Waals surface area contributed by atoms with Gasteiger partial charge in [0.1, 0.15) is 5.82 Å². The van der Waals surface area contributed by atoms with E-state index in [0.29, 0.717) is 0 Å². The Hall–Kier alpha value is -2.44. The van der Waals surface area contributed by atoms with Gasteiger partial charge in [-0.25, -0.2) is 9.18 Å². The lowest BCUT2D eigenvalue weighted by Crippen LogP contribution is -2.38. The van der Waals surface area contributed by atoms with Crippen LogP contribution in [0.2, 0.25) is 0 Å². The molecule has 1 rings (SSSR count). The molecule has 0 heterocycles. The molecule has 21 heavy (non-hydrogen) atoms. The minimum atomic E-state index is -1.29. The van der Waals surface area contributed by atoms with Crippen molar-refractivity contribution in [3.8, 4) is 0 Å². The molecule has 0 unspecified atom stereocenters. The Bertz CT molecular complexity index is 584. The minimum absolute atomic E-state index is 0.0576. The van der Waals surface area contributed by atoms with Crippen LogP contribution in [-0.2, 0) is 9.59 Å². The smallest absolute Gasteiger partial charge is 0.325 e. The van der Waals surface area contributed by atoms with Crippen LogP contribution in [-0.4, -0.2) is 23.0 Å². The second-order valence-corrected chi connectivity index (χ2v) is 5.35. The summed E-state index contributed by atoms with van der Waals surface area (Å²) in [5, 5.41) is 13.1. The average molecular weight is 296 g/mol. The van der Waals surface area contributed by atoms with Crippen molar-refractivity contribution < 1.29 is 23.9 Å². The van der Waals surface area contributed by atoms with Crippen molar-refractivity contribution in [2.45, 2.75) is 27.2 Å². The van der Waals surface area contributed by atoms with Crippen LogP contribution in [0, 0.1) is 18.2 Å². The largest absolute Gasteiger partial charge is 0.481 e. The zero-order chi connectivity index (χ0) is 16.2. The Morgan fingerprint density at radius 1 is 1.29 bits per heavy atom. The Balaban J connectivity index is 2.64. The molecule has 0 aliphatic heterocycles. The summed E-state index contributed by atoms with van der Waals surface area (Å²) in [7, 11) is 0. The van der Waals surface area contributed by atoms with Crippen LogP contribution in [0.5, 0.6) is 0 Å². The van der Waals surface area contributed by atoms with Crippen molar-refractivity contribution >= 4 is 23.6 Å². The molecular weight excluding hydrogens is 279 g/mol. The van der Waals surface area contributed by atoms with Gasteiger partial charge in [0.2, 0.25) is 5.91 Å². The van der Waals surface area contributed by atoms with Gasteiger partial charge in [0, 0.05) is 6.42 Å². The summed E-state index contributed by atoms with van der Waals surface area (Å²) in [5.41, 5.74) is -0.610. The lowest BCUT2D eigenvalue weighted by atomic mass is 9.89. The summed E-state index contributed by atoms with van der Waals surface area (Å²) in [6.45, 7) is 4.46. The van der Waals surface area contributed by atoms with Crippen molar-refractivity contribution in [2.24, 2.45) is 5.41 Å². The normalized spacial score (nSPS) is 10.9. The van der Waals surface area contributed by atoms with Crippen molar-refractivity contribution in [1.82, 2.24) is 5.32 Å². The molecular formula is C14H17FN2O4. The van der Waals surface area contributed by atoms with E-state index in [1.54, 1.807) is 13.0 Å². The molecule has 0 aliphatic rings. The molecule has 0 aromatic heterocycles. The number of hydrogen-bond acceptors (Lipinski definition) is 3. The first-order valence-electron chi connectivity index (χ1n) is 6.22. The van der Waals surface area contributed by atoms with E-state index < -0.39 is 29.1 Å². The molecule has 3 N–H and O–H groups in total. The Labute approximate surface area is 121 Å². The topological polar surface area (TPSA) is 95.5 Å². The number of benzene rings is 1. The quantitative estimate of drug-likeness (QED) is 0.794. The number of nitrogens with one attached hydrogen (secondary N) is 2. The molecule has 7 heteroatoms. The van der Waals surface area contributed by atoms with Gasteiger partial charge in [-0.3, -0.25) is 14.9 Å². The van der Waals surface area contributed by atoms with Crippen molar-refractivity contribution in [3.05, 3.63) is 29.6 Å². The SMILES string of the molecule is Cc1ccc(F)c(NC(=O)NC(=O)CC(C)(C)C(=O)O)c1. The maximum Gasteiger partial charge on any atom is 0.325 e. The summed E-state index contributed by atoms with van der Waals surface area (Å²) in [6.07, 6.45) is -0.369. The highest BCUT2D eigenvalue weighted by Gasteiger charge is 2.30. The summed E-state index contributed by atoms with van der Waals surface area (Å²) < 4.78 is 13.4. The standard InChI is InChI=1S/C14H17FN2O4/c1-8-4-5-9(15)10(6-8)16-13(21)17-11(18)7-14(2,3)12(19)20/h4-6H,7H2,1-3H3,(H,19,20)(H2,16,17,18,21). The van der Waals surface area contributed by atoms with Crippen LogP contribution < -0.4 is 10.6 Å². The number of rotatable bonds is 4. The van der Waals surface area contributed by atoms with Crippen molar-refractivity contribution in [3.63, 3.8) is 0 Å². The van der Waals surface area contributed by atoms with E-state index in [0.717, 1.165) is 5.56 Å². The third-order valence-corrected chi connectivity index (χ3v) is 2.80. The second kappa shape index (κ2) is 6.34. The van der Waals surface area contributed by atoms with Gasteiger partial charge in [-0.15, -0.1) is 0 Å². The number of aliphatic carboxylic acids is 1. The summed E-state index contributed by atoms with van der Waals surface area (Å²) in [4.78, 5) is 34.1. The van der Waals surface area contributed by atoms with Crippen molar-refractivity contribution in [2.75, 3.05) is 5.32 Å². The van der Waals surface area contributed by atoms with Crippen LogP contribution in [0.25, 0.3) is 0 Å². The molecule has 0 saturated heterocycles. The molecule has 0 bridgehead atoms. The molecule has 0 spiro atoms. The van der Waals surface area contributed by atoms with Gasteiger partial charge in [0.05, 0.1) is 11.1 Å². The first kappa shape index (κ1) is 16.6. The molecule has 6 nitrogen and oxygen atoms in total. The number of halogens is 1. The molecule has 1 aromatic rings. The fourth-order valence-corrected chi connectivity index (χ4v) is 1.54. The highest BCUT2D eigenvalue weighted by molar-refractivity contribution is 6.02. The van der Waals surface area contributed by atoms with E-state index in [2.05, 4.69) is 5.32 Å². The summed E-state index contributed by atoms with van der Waals surface area (Å²) >= 11 is 0. The lowest BCUT2D eigenvalue weighted by Gasteiger charge is -2.17. The number of anilines is 1. The molecule has 0 aliphatic carbocycles. The summed E-state index contributed by atoms with van der Waals surface area (Å²) in [6, 6.07) is 3.24. The number of hydrogen-bond donors (Lipinski definition) is 3. The van der Waals surface area contributed by atoms with Crippen LogP contribution >= 0.6 is 0 Å². The third-order valence-electron chi connectivity index (χ3n) is 2.80. The number of amides is 3. The maximum absolute atomic E-state index is 13.4. The van der Waals surface area contributed by atoms with E-state index in [9.17, 15) is 18.8 Å². The van der Waals surface area contributed by atoms with Crippen LogP contribution in [0.15, 0.2) is 18.2 Å².